The molecule has 3 N–H and O–H groups in total. The Morgan fingerprint density at radius 2 is 1.82 bits per heavy atom. The van der Waals surface area contributed by atoms with Gasteiger partial charge in [-0.1, -0.05) is 23.7 Å². The van der Waals surface area contributed by atoms with Crippen molar-refractivity contribution in [1.29, 1.82) is 0 Å². The van der Waals surface area contributed by atoms with Crippen LogP contribution in [0.2, 0.25) is 5.02 Å². The monoisotopic (exact) mass is 338 g/mol. The van der Waals surface area contributed by atoms with Crippen LogP contribution in [0.4, 0.5) is 5.69 Å². The molecule has 1 amide bonds. The van der Waals surface area contributed by atoms with Gasteiger partial charge in [0.1, 0.15) is 0 Å². The summed E-state index contributed by atoms with van der Waals surface area (Å²) < 4.78 is 27.2. The van der Waals surface area contributed by atoms with Crippen LogP contribution in [0.1, 0.15) is 11.1 Å². The Balaban J connectivity index is 2.34. The minimum atomic E-state index is -3.72. The smallest absolute Gasteiger partial charge is 0.261 e. The molecule has 7 heteroatoms. The summed E-state index contributed by atoms with van der Waals surface area (Å²) in [6, 6.07) is 10.9. The van der Waals surface area contributed by atoms with Crippen molar-refractivity contribution in [3.05, 3.63) is 58.6 Å². The van der Waals surface area contributed by atoms with Gasteiger partial charge in [0.25, 0.3) is 10.0 Å². The fourth-order valence-electron chi connectivity index (χ4n) is 1.99. The number of hydrogen-bond donors (Lipinski definition) is 2. The molecule has 0 saturated heterocycles. The zero-order chi connectivity index (χ0) is 16.3. The zero-order valence-electron chi connectivity index (χ0n) is 11.8. The van der Waals surface area contributed by atoms with Crippen LogP contribution in [-0.4, -0.2) is 14.3 Å². The highest BCUT2D eigenvalue weighted by Crippen LogP contribution is 2.23. The van der Waals surface area contributed by atoms with Crippen molar-refractivity contribution in [3.8, 4) is 0 Å². The Kier molecular flexibility index (Phi) is 4.73. The normalized spacial score (nSPS) is 11.2. The number of nitrogens with two attached hydrogens (primary N) is 1. The first-order valence-corrected chi connectivity index (χ1v) is 8.31. The summed E-state index contributed by atoms with van der Waals surface area (Å²) in [4.78, 5) is 11.1. The molecule has 22 heavy (non-hydrogen) atoms. The number of benzene rings is 2. The zero-order valence-corrected chi connectivity index (χ0v) is 13.4. The first-order valence-electron chi connectivity index (χ1n) is 6.45. The maximum absolute atomic E-state index is 12.4. The van der Waals surface area contributed by atoms with Crippen LogP contribution in [0.15, 0.2) is 47.4 Å². The first kappa shape index (κ1) is 16.3. The molecule has 0 aliphatic carbocycles. The number of primary amides is 1. The number of carbonyl (C=O) groups is 1. The Labute approximate surface area is 134 Å². The van der Waals surface area contributed by atoms with E-state index in [0.717, 1.165) is 0 Å². The molecule has 5 nitrogen and oxygen atoms in total. The minimum absolute atomic E-state index is 0.0579. The fraction of sp³-hybridized carbons (Fsp3) is 0.133. The molecule has 0 fully saturated rings. The number of hydrogen-bond acceptors (Lipinski definition) is 3. The van der Waals surface area contributed by atoms with Crippen LogP contribution in [0.5, 0.6) is 0 Å². The van der Waals surface area contributed by atoms with E-state index in [0.29, 0.717) is 21.8 Å². The number of anilines is 1. The minimum Gasteiger partial charge on any atom is -0.369 e. The lowest BCUT2D eigenvalue weighted by atomic mass is 10.0. The molecule has 0 spiro atoms. The number of carbonyl (C=O) groups excluding carboxylic acids is 1. The molecule has 0 saturated carbocycles. The largest absolute Gasteiger partial charge is 0.369 e. The van der Waals surface area contributed by atoms with E-state index in [2.05, 4.69) is 4.72 Å². The van der Waals surface area contributed by atoms with Crippen molar-refractivity contribution in [2.24, 2.45) is 5.73 Å². The lowest BCUT2D eigenvalue weighted by Gasteiger charge is -2.13. The van der Waals surface area contributed by atoms with Crippen LogP contribution < -0.4 is 10.5 Å². The standard InChI is InChI=1S/C15H15ClN2O3S/c1-10-11(9-15(17)19)3-2-4-14(10)18-22(20,21)13-7-5-12(16)6-8-13/h2-8,18H,9H2,1H3,(H2,17,19). The van der Waals surface area contributed by atoms with Crippen molar-refractivity contribution in [2.75, 3.05) is 4.72 Å². The topological polar surface area (TPSA) is 89.3 Å². The van der Waals surface area contributed by atoms with Gasteiger partial charge in [-0.2, -0.15) is 0 Å². The van der Waals surface area contributed by atoms with E-state index < -0.39 is 15.9 Å². The van der Waals surface area contributed by atoms with Gasteiger partial charge < -0.3 is 5.73 Å². The molecule has 0 aliphatic heterocycles. The quantitative estimate of drug-likeness (QED) is 0.877. The maximum atomic E-state index is 12.4. The molecule has 0 unspecified atom stereocenters. The Morgan fingerprint density at radius 3 is 2.41 bits per heavy atom. The molecule has 0 atom stereocenters. The van der Waals surface area contributed by atoms with Crippen molar-refractivity contribution in [1.82, 2.24) is 0 Å². The number of halogens is 1. The number of nitrogens with one attached hydrogen (secondary N) is 1. The molecule has 116 valence electrons. The van der Waals surface area contributed by atoms with E-state index in [1.165, 1.54) is 24.3 Å². The number of rotatable bonds is 5. The SMILES string of the molecule is Cc1c(CC(N)=O)cccc1NS(=O)(=O)c1ccc(Cl)cc1. The number of sulfonamides is 1. The fourth-order valence-corrected chi connectivity index (χ4v) is 3.24. The highest BCUT2D eigenvalue weighted by atomic mass is 35.5. The van der Waals surface area contributed by atoms with Gasteiger partial charge in [-0.3, -0.25) is 9.52 Å². The highest BCUT2D eigenvalue weighted by Gasteiger charge is 2.16. The van der Waals surface area contributed by atoms with E-state index in [1.807, 2.05) is 0 Å². The molecule has 0 aromatic heterocycles. The summed E-state index contributed by atoms with van der Waals surface area (Å²) in [5.41, 5.74) is 6.95. The Bertz CT molecular complexity index is 802. The number of amides is 1. The van der Waals surface area contributed by atoms with Gasteiger partial charge >= 0.3 is 0 Å². The lowest BCUT2D eigenvalue weighted by molar-refractivity contribution is -0.117. The molecule has 2 aromatic carbocycles. The lowest BCUT2D eigenvalue weighted by Crippen LogP contribution is -2.17. The average molecular weight is 339 g/mol. The van der Waals surface area contributed by atoms with Crippen molar-refractivity contribution in [3.63, 3.8) is 0 Å². The molecule has 0 radical (unpaired) electrons. The summed E-state index contributed by atoms with van der Waals surface area (Å²) in [6.45, 7) is 1.73. The van der Waals surface area contributed by atoms with E-state index >= 15 is 0 Å². The van der Waals surface area contributed by atoms with E-state index in [1.54, 1.807) is 25.1 Å². The van der Waals surface area contributed by atoms with Gasteiger partial charge in [-0.05, 0) is 48.4 Å². The Hall–Kier alpha value is -2.05. The van der Waals surface area contributed by atoms with Gasteiger partial charge in [0, 0.05) is 5.02 Å². The third kappa shape index (κ3) is 3.78. The van der Waals surface area contributed by atoms with E-state index in [-0.39, 0.29) is 11.3 Å². The average Bonchev–Trinajstić information content (AvgIpc) is 2.43. The van der Waals surface area contributed by atoms with Gasteiger partial charge in [0.2, 0.25) is 5.91 Å². The molecular weight excluding hydrogens is 324 g/mol. The third-order valence-electron chi connectivity index (χ3n) is 3.18. The van der Waals surface area contributed by atoms with Gasteiger partial charge in [-0.25, -0.2) is 8.42 Å². The second-order valence-corrected chi connectivity index (χ2v) is 6.91. The summed E-state index contributed by atoms with van der Waals surface area (Å²) in [7, 11) is -3.72. The molecular formula is C15H15ClN2O3S. The summed E-state index contributed by atoms with van der Waals surface area (Å²) in [5.74, 6) is -0.471. The molecule has 0 aliphatic rings. The van der Waals surface area contributed by atoms with Crippen LogP contribution in [0, 0.1) is 6.92 Å². The van der Waals surface area contributed by atoms with Crippen molar-refractivity contribution in [2.45, 2.75) is 18.2 Å². The summed E-state index contributed by atoms with van der Waals surface area (Å²) >= 11 is 5.76. The van der Waals surface area contributed by atoms with E-state index in [9.17, 15) is 13.2 Å². The summed E-state index contributed by atoms with van der Waals surface area (Å²) in [6.07, 6.45) is 0.0579. The second-order valence-electron chi connectivity index (χ2n) is 4.79. The molecule has 2 rings (SSSR count). The second kappa shape index (κ2) is 6.37. The van der Waals surface area contributed by atoms with Crippen molar-refractivity contribution >= 4 is 33.2 Å². The third-order valence-corrected chi connectivity index (χ3v) is 4.81. The van der Waals surface area contributed by atoms with Crippen LogP contribution >= 0.6 is 11.6 Å². The van der Waals surface area contributed by atoms with E-state index in [4.69, 9.17) is 17.3 Å². The van der Waals surface area contributed by atoms with Gasteiger partial charge in [0.15, 0.2) is 0 Å². The summed E-state index contributed by atoms with van der Waals surface area (Å²) in [5, 5.41) is 0.457. The first-order chi connectivity index (χ1) is 10.3. The highest BCUT2D eigenvalue weighted by molar-refractivity contribution is 7.92. The predicted octanol–water partition coefficient (Wildman–Crippen LogP) is 2.48. The Morgan fingerprint density at radius 1 is 1.18 bits per heavy atom. The molecule has 0 bridgehead atoms. The molecule has 0 heterocycles. The van der Waals surface area contributed by atoms with Crippen molar-refractivity contribution < 1.29 is 13.2 Å². The predicted molar refractivity (Wildman–Crippen MR) is 86.3 cm³/mol. The maximum Gasteiger partial charge on any atom is 0.261 e. The van der Waals surface area contributed by atoms with Gasteiger partial charge in [0.05, 0.1) is 17.0 Å². The van der Waals surface area contributed by atoms with Crippen LogP contribution in [0.3, 0.4) is 0 Å². The van der Waals surface area contributed by atoms with Crippen LogP contribution in [0.25, 0.3) is 0 Å². The molecule has 2 aromatic rings. The van der Waals surface area contributed by atoms with Gasteiger partial charge in [-0.15, -0.1) is 0 Å². The van der Waals surface area contributed by atoms with Crippen LogP contribution in [-0.2, 0) is 21.2 Å².